The minimum absolute atomic E-state index is 0.570. The van der Waals surface area contributed by atoms with Crippen molar-refractivity contribution in [1.82, 2.24) is 10.3 Å². The smallest absolute Gasteiger partial charge is 0.198 e. The summed E-state index contributed by atoms with van der Waals surface area (Å²) in [6, 6.07) is 6.23. The van der Waals surface area contributed by atoms with Crippen LogP contribution in [0.15, 0.2) is 22.6 Å². The molecule has 16 heavy (non-hydrogen) atoms. The molecule has 1 saturated carbocycles. The minimum Gasteiger partial charge on any atom is -0.440 e. The van der Waals surface area contributed by atoms with E-state index >= 15 is 0 Å². The fourth-order valence-electron chi connectivity index (χ4n) is 2.13. The highest BCUT2D eigenvalue weighted by atomic mass is 16.3. The summed E-state index contributed by atoms with van der Waals surface area (Å²) in [6.07, 6.45) is 3.78. The van der Waals surface area contributed by atoms with E-state index in [-0.39, 0.29) is 0 Å². The van der Waals surface area contributed by atoms with E-state index in [0.717, 1.165) is 23.5 Å². The monoisotopic (exact) mass is 216 g/mol. The maximum atomic E-state index is 5.77. The number of hydrogen-bond acceptors (Lipinski definition) is 3. The van der Waals surface area contributed by atoms with Gasteiger partial charge in [0.1, 0.15) is 5.52 Å². The van der Waals surface area contributed by atoms with Crippen LogP contribution in [-0.4, -0.2) is 12.0 Å². The normalized spacial score (nSPS) is 16.6. The second kappa shape index (κ2) is 3.91. The van der Waals surface area contributed by atoms with Crippen LogP contribution in [0.25, 0.3) is 11.1 Å². The van der Waals surface area contributed by atoms with E-state index in [1.165, 1.54) is 24.8 Å². The molecule has 1 heterocycles. The van der Waals surface area contributed by atoms with Crippen LogP contribution in [0.2, 0.25) is 0 Å². The van der Waals surface area contributed by atoms with Gasteiger partial charge in [0.25, 0.3) is 0 Å². The van der Waals surface area contributed by atoms with Gasteiger partial charge in [0, 0.05) is 12.5 Å². The van der Waals surface area contributed by atoms with Crippen molar-refractivity contribution in [3.8, 4) is 0 Å². The van der Waals surface area contributed by atoms with Gasteiger partial charge < -0.3 is 9.73 Å². The molecule has 1 aliphatic carbocycles. The van der Waals surface area contributed by atoms with Gasteiger partial charge in [-0.15, -0.1) is 0 Å². The van der Waals surface area contributed by atoms with E-state index in [1.807, 2.05) is 13.1 Å². The molecule has 0 atom stereocenters. The molecule has 0 aliphatic heterocycles. The van der Waals surface area contributed by atoms with E-state index < -0.39 is 0 Å². The zero-order valence-electron chi connectivity index (χ0n) is 9.49. The topological polar surface area (TPSA) is 38.1 Å². The van der Waals surface area contributed by atoms with Gasteiger partial charge in [-0.2, -0.15) is 0 Å². The quantitative estimate of drug-likeness (QED) is 0.857. The maximum Gasteiger partial charge on any atom is 0.198 e. The first-order valence-electron chi connectivity index (χ1n) is 5.91. The van der Waals surface area contributed by atoms with Crippen LogP contribution in [0.3, 0.4) is 0 Å². The Bertz CT molecular complexity index is 500. The van der Waals surface area contributed by atoms with Crippen molar-refractivity contribution in [2.24, 2.45) is 0 Å². The van der Waals surface area contributed by atoms with E-state index in [0.29, 0.717) is 5.92 Å². The van der Waals surface area contributed by atoms with Crippen LogP contribution in [0, 0.1) is 0 Å². The Morgan fingerprint density at radius 1 is 1.44 bits per heavy atom. The first-order chi connectivity index (χ1) is 7.86. The average Bonchev–Trinajstić information content (AvgIpc) is 2.57. The molecule has 0 radical (unpaired) electrons. The van der Waals surface area contributed by atoms with Crippen molar-refractivity contribution in [3.05, 3.63) is 29.7 Å². The summed E-state index contributed by atoms with van der Waals surface area (Å²) >= 11 is 0. The van der Waals surface area contributed by atoms with Gasteiger partial charge in [-0.05, 0) is 37.6 Å². The Balaban J connectivity index is 1.96. The molecule has 3 rings (SSSR count). The minimum atomic E-state index is 0.570. The summed E-state index contributed by atoms with van der Waals surface area (Å²) in [4.78, 5) is 4.58. The number of aromatic nitrogens is 1. The van der Waals surface area contributed by atoms with Crippen molar-refractivity contribution >= 4 is 11.1 Å². The molecule has 1 aromatic heterocycles. The van der Waals surface area contributed by atoms with Crippen LogP contribution in [-0.2, 0) is 6.54 Å². The average molecular weight is 216 g/mol. The highest BCUT2D eigenvalue weighted by Crippen LogP contribution is 2.37. The fourth-order valence-corrected chi connectivity index (χ4v) is 2.13. The molecular formula is C13H16N2O. The third-order valence-corrected chi connectivity index (χ3v) is 3.30. The number of hydrogen-bond donors (Lipinski definition) is 1. The largest absolute Gasteiger partial charge is 0.440 e. The molecule has 0 bridgehead atoms. The van der Waals surface area contributed by atoms with Gasteiger partial charge in [-0.3, -0.25) is 0 Å². The Morgan fingerprint density at radius 3 is 3.00 bits per heavy atom. The lowest BCUT2D eigenvalue weighted by molar-refractivity contribution is 0.344. The number of rotatable bonds is 3. The molecule has 3 heteroatoms. The second-order valence-electron chi connectivity index (χ2n) is 4.51. The number of oxazole rings is 1. The number of benzene rings is 1. The summed E-state index contributed by atoms with van der Waals surface area (Å²) in [5, 5.41) is 3.14. The summed E-state index contributed by atoms with van der Waals surface area (Å²) in [7, 11) is 1.95. The summed E-state index contributed by atoms with van der Waals surface area (Å²) in [6.45, 7) is 0.877. The molecule has 1 fully saturated rings. The zero-order valence-corrected chi connectivity index (χ0v) is 9.49. The van der Waals surface area contributed by atoms with Crippen molar-refractivity contribution < 1.29 is 4.42 Å². The molecule has 1 aliphatic rings. The van der Waals surface area contributed by atoms with E-state index in [1.54, 1.807) is 0 Å². The van der Waals surface area contributed by atoms with E-state index in [9.17, 15) is 0 Å². The van der Waals surface area contributed by atoms with Gasteiger partial charge in [0.05, 0.1) is 0 Å². The number of fused-ring (bicyclic) bond motifs is 1. The molecule has 1 N–H and O–H groups in total. The third kappa shape index (κ3) is 1.61. The number of nitrogens with zero attached hydrogens (tertiary/aromatic N) is 1. The molecule has 84 valence electrons. The van der Waals surface area contributed by atoms with Crippen LogP contribution in [0.1, 0.15) is 36.6 Å². The molecule has 0 spiro atoms. The first kappa shape index (κ1) is 9.85. The predicted octanol–water partition coefficient (Wildman–Crippen LogP) is 2.81. The highest BCUT2D eigenvalue weighted by Gasteiger charge is 2.24. The Hall–Kier alpha value is -1.35. The van der Waals surface area contributed by atoms with Crippen molar-refractivity contribution in [2.45, 2.75) is 31.7 Å². The molecule has 3 nitrogen and oxygen atoms in total. The van der Waals surface area contributed by atoms with Crippen LogP contribution >= 0.6 is 0 Å². The summed E-state index contributed by atoms with van der Waals surface area (Å²) in [5.74, 6) is 1.50. The zero-order chi connectivity index (χ0) is 11.0. The van der Waals surface area contributed by atoms with Crippen molar-refractivity contribution in [2.75, 3.05) is 7.05 Å². The molecule has 0 amide bonds. The van der Waals surface area contributed by atoms with Crippen LogP contribution in [0.5, 0.6) is 0 Å². The summed E-state index contributed by atoms with van der Waals surface area (Å²) in [5.41, 5.74) is 3.17. The van der Waals surface area contributed by atoms with Crippen molar-refractivity contribution in [1.29, 1.82) is 0 Å². The SMILES string of the molecule is CNCc1ccc2oc(C3CCC3)nc2c1. The highest BCUT2D eigenvalue weighted by molar-refractivity contribution is 5.73. The van der Waals surface area contributed by atoms with Gasteiger partial charge in [0.2, 0.25) is 0 Å². The van der Waals surface area contributed by atoms with Gasteiger partial charge >= 0.3 is 0 Å². The van der Waals surface area contributed by atoms with Gasteiger partial charge in [0.15, 0.2) is 11.5 Å². The maximum absolute atomic E-state index is 5.77. The Kier molecular flexibility index (Phi) is 2.40. The summed E-state index contributed by atoms with van der Waals surface area (Å²) < 4.78 is 5.77. The standard InChI is InChI=1S/C13H16N2O/c1-14-8-9-5-6-12-11(7-9)15-13(16-12)10-3-2-4-10/h5-7,10,14H,2-4,8H2,1H3. The Labute approximate surface area is 94.9 Å². The van der Waals surface area contributed by atoms with Gasteiger partial charge in [-0.1, -0.05) is 12.5 Å². The fraction of sp³-hybridized carbons (Fsp3) is 0.462. The molecule has 0 saturated heterocycles. The molecule has 0 unspecified atom stereocenters. The lowest BCUT2D eigenvalue weighted by atomic mass is 9.85. The first-order valence-corrected chi connectivity index (χ1v) is 5.91. The lowest BCUT2D eigenvalue weighted by Gasteiger charge is -2.21. The Morgan fingerprint density at radius 2 is 2.31 bits per heavy atom. The predicted molar refractivity (Wildman–Crippen MR) is 63.4 cm³/mol. The molecule has 1 aromatic carbocycles. The second-order valence-corrected chi connectivity index (χ2v) is 4.51. The third-order valence-electron chi connectivity index (χ3n) is 3.30. The van der Waals surface area contributed by atoms with Crippen LogP contribution in [0.4, 0.5) is 0 Å². The number of nitrogens with one attached hydrogen (secondary N) is 1. The van der Waals surface area contributed by atoms with E-state index in [4.69, 9.17) is 4.42 Å². The van der Waals surface area contributed by atoms with Crippen molar-refractivity contribution in [3.63, 3.8) is 0 Å². The van der Waals surface area contributed by atoms with Crippen LogP contribution < -0.4 is 5.32 Å². The molecule has 2 aromatic rings. The van der Waals surface area contributed by atoms with E-state index in [2.05, 4.69) is 22.4 Å². The lowest BCUT2D eigenvalue weighted by Crippen LogP contribution is -2.08. The van der Waals surface area contributed by atoms with Gasteiger partial charge in [-0.25, -0.2) is 4.98 Å². The molecular weight excluding hydrogens is 200 g/mol.